The minimum atomic E-state index is -2.60. The van der Waals surface area contributed by atoms with Gasteiger partial charge in [-0.2, -0.15) is 0 Å². The third kappa shape index (κ3) is 3.55. The van der Waals surface area contributed by atoms with Crippen molar-refractivity contribution in [3.05, 3.63) is 32.6 Å². The summed E-state index contributed by atoms with van der Waals surface area (Å²) in [5, 5.41) is 10.5. The summed E-state index contributed by atoms with van der Waals surface area (Å²) in [6.45, 7) is 11.4. The molecule has 2 fully saturated rings. The van der Waals surface area contributed by atoms with Crippen LogP contribution in [0.5, 0.6) is 0 Å². The minimum absolute atomic E-state index is 0.0147. The van der Waals surface area contributed by atoms with Crippen molar-refractivity contribution in [2.24, 2.45) is 0 Å². The molecule has 10 heteroatoms. The summed E-state index contributed by atoms with van der Waals surface area (Å²) in [6.07, 6.45) is -1.96. The van der Waals surface area contributed by atoms with Crippen molar-refractivity contribution in [1.29, 1.82) is 0 Å². The summed E-state index contributed by atoms with van der Waals surface area (Å²) < 4.78 is 13.5. The van der Waals surface area contributed by atoms with E-state index in [0.29, 0.717) is 5.56 Å². The minimum Gasteiger partial charge on any atom is -0.397 e. The molecular weight excluding hydrogens is 408 g/mol. The van der Waals surface area contributed by atoms with Gasteiger partial charge in [0.25, 0.3) is 5.56 Å². The molecule has 9 nitrogen and oxygen atoms in total. The van der Waals surface area contributed by atoms with Crippen molar-refractivity contribution in [2.75, 3.05) is 0 Å². The number of rotatable bonds is 4. The number of hydrogen-bond donors (Lipinski definition) is 2. The van der Waals surface area contributed by atoms with Gasteiger partial charge in [0.15, 0.2) is 19.9 Å². The lowest BCUT2D eigenvalue weighted by atomic mass is 9.89. The third-order valence-corrected chi connectivity index (χ3v) is 11.0. The number of hydrogen-bond acceptors (Lipinski definition) is 7. The second-order valence-corrected chi connectivity index (χ2v) is 14.5. The van der Waals surface area contributed by atoms with Crippen LogP contribution >= 0.6 is 0 Å². The standard InChI is InChI=1S/C20H30N2O7Si/c1-11-10-22(18(27)21-17(11)26)15-9-12(23)16(28-15)20(13(24)7-8-14(20)25)29-30(5,6)19(2,3)4/h10,12,15-16,23H,7-9H2,1-6H3,(H,21,26,27)/t12-,15+,16-/m0/s1. The molecule has 0 spiro atoms. The highest BCUT2D eigenvalue weighted by Crippen LogP contribution is 2.46. The summed E-state index contributed by atoms with van der Waals surface area (Å²) in [4.78, 5) is 52.2. The highest BCUT2D eigenvalue weighted by molar-refractivity contribution is 6.74. The topological polar surface area (TPSA) is 128 Å². The predicted octanol–water partition coefficient (Wildman–Crippen LogP) is 1.19. The van der Waals surface area contributed by atoms with Gasteiger partial charge in [0, 0.05) is 31.0 Å². The van der Waals surface area contributed by atoms with Crippen LogP contribution in [0.4, 0.5) is 0 Å². The first-order valence-corrected chi connectivity index (χ1v) is 13.0. The summed E-state index contributed by atoms with van der Waals surface area (Å²) >= 11 is 0. The number of nitrogens with zero attached hydrogens (tertiary/aromatic N) is 1. The average molecular weight is 439 g/mol. The van der Waals surface area contributed by atoms with Crippen LogP contribution in [0.3, 0.4) is 0 Å². The Hall–Kier alpha value is -1.88. The van der Waals surface area contributed by atoms with Gasteiger partial charge in [0.2, 0.25) is 5.60 Å². The van der Waals surface area contributed by atoms with Crippen LogP contribution in [-0.2, 0) is 18.8 Å². The molecule has 1 aliphatic carbocycles. The molecule has 2 heterocycles. The van der Waals surface area contributed by atoms with E-state index in [9.17, 15) is 24.3 Å². The van der Waals surface area contributed by atoms with Gasteiger partial charge in [0.1, 0.15) is 12.3 Å². The highest BCUT2D eigenvalue weighted by Gasteiger charge is 2.64. The van der Waals surface area contributed by atoms with Crippen molar-refractivity contribution >= 4 is 19.9 Å². The molecule has 0 bridgehead atoms. The fourth-order valence-electron chi connectivity index (χ4n) is 3.79. The van der Waals surface area contributed by atoms with Gasteiger partial charge in [-0.15, -0.1) is 0 Å². The number of carbonyl (C=O) groups excluding carboxylic acids is 2. The molecule has 0 unspecified atom stereocenters. The molecule has 1 aromatic heterocycles. The van der Waals surface area contributed by atoms with Crippen molar-refractivity contribution in [3.63, 3.8) is 0 Å². The van der Waals surface area contributed by atoms with E-state index < -0.39 is 55.2 Å². The van der Waals surface area contributed by atoms with E-state index >= 15 is 0 Å². The third-order valence-electron chi connectivity index (χ3n) is 6.58. The molecule has 1 saturated carbocycles. The van der Waals surface area contributed by atoms with Crippen molar-refractivity contribution in [2.45, 2.75) is 89.1 Å². The van der Waals surface area contributed by atoms with Gasteiger partial charge < -0.3 is 14.3 Å². The summed E-state index contributed by atoms with van der Waals surface area (Å²) in [7, 11) is -2.60. The monoisotopic (exact) mass is 438 g/mol. The number of aromatic amines is 1. The van der Waals surface area contributed by atoms with Gasteiger partial charge in [0.05, 0.1) is 6.10 Å². The Morgan fingerprint density at radius 3 is 2.30 bits per heavy atom. The summed E-state index contributed by atoms with van der Waals surface area (Å²) in [6, 6.07) is 0. The molecule has 30 heavy (non-hydrogen) atoms. The number of H-pyrrole nitrogens is 1. The van der Waals surface area contributed by atoms with E-state index in [4.69, 9.17) is 9.16 Å². The Balaban J connectivity index is 2.03. The summed E-state index contributed by atoms with van der Waals surface area (Å²) in [5.41, 5.74) is -2.77. The average Bonchev–Trinajstić information content (AvgIpc) is 3.12. The van der Waals surface area contributed by atoms with E-state index in [0.717, 1.165) is 0 Å². The number of Topliss-reactive ketones (excluding diaryl/α,β-unsaturated/α-hetero) is 2. The van der Waals surface area contributed by atoms with Crippen LogP contribution in [0.25, 0.3) is 0 Å². The fourth-order valence-corrected chi connectivity index (χ4v) is 5.25. The van der Waals surface area contributed by atoms with Gasteiger partial charge in [-0.05, 0) is 25.1 Å². The molecule has 0 aromatic carbocycles. The summed E-state index contributed by atoms with van der Waals surface area (Å²) in [5.74, 6) is -0.793. The fraction of sp³-hybridized carbons (Fsp3) is 0.700. The van der Waals surface area contributed by atoms with Crippen LogP contribution < -0.4 is 11.2 Å². The van der Waals surface area contributed by atoms with Gasteiger partial charge in [-0.3, -0.25) is 23.9 Å². The first-order valence-electron chi connectivity index (χ1n) is 10.1. The maximum absolute atomic E-state index is 13.0. The number of carbonyl (C=O) groups is 2. The quantitative estimate of drug-likeness (QED) is 0.534. The smallest absolute Gasteiger partial charge is 0.330 e. The molecule has 1 aromatic rings. The number of aliphatic hydroxyl groups is 1. The molecular formula is C20H30N2O7Si. The Bertz CT molecular complexity index is 972. The van der Waals surface area contributed by atoms with Crippen LogP contribution in [0.2, 0.25) is 18.1 Å². The SMILES string of the molecule is Cc1cn([C@H]2C[C@H](O)[C@@H](C3(O[Si](C)(C)C(C)(C)C)C(=O)CCC3=O)O2)c(=O)[nH]c1=O. The first kappa shape index (κ1) is 22.8. The Morgan fingerprint density at radius 1 is 1.20 bits per heavy atom. The van der Waals surface area contributed by atoms with E-state index in [1.807, 2.05) is 33.9 Å². The van der Waals surface area contributed by atoms with Crippen molar-refractivity contribution in [1.82, 2.24) is 9.55 Å². The number of aromatic nitrogens is 2. The number of nitrogens with one attached hydrogen (secondary N) is 1. The van der Waals surface area contributed by atoms with E-state index in [1.165, 1.54) is 10.8 Å². The number of aliphatic hydroxyl groups excluding tert-OH is 1. The highest BCUT2D eigenvalue weighted by atomic mass is 28.4. The van der Waals surface area contributed by atoms with Gasteiger partial charge in [-0.1, -0.05) is 20.8 Å². The molecule has 0 amide bonds. The number of ether oxygens (including phenoxy) is 1. The molecule has 1 aliphatic heterocycles. The number of aryl methyl sites for hydroxylation is 1. The van der Waals surface area contributed by atoms with Crippen LogP contribution in [0, 0.1) is 6.92 Å². The zero-order valence-electron chi connectivity index (χ0n) is 18.3. The second-order valence-electron chi connectivity index (χ2n) is 9.74. The van der Waals surface area contributed by atoms with Crippen molar-refractivity contribution < 1.29 is 23.9 Å². The molecule has 2 N–H and O–H groups in total. The second kappa shape index (κ2) is 7.36. The van der Waals surface area contributed by atoms with Gasteiger partial charge >= 0.3 is 5.69 Å². The van der Waals surface area contributed by atoms with Crippen LogP contribution in [-0.4, -0.2) is 52.4 Å². The van der Waals surface area contributed by atoms with Gasteiger partial charge in [-0.25, -0.2) is 4.79 Å². The molecule has 2 aliphatic rings. The zero-order valence-corrected chi connectivity index (χ0v) is 19.3. The van der Waals surface area contributed by atoms with E-state index in [-0.39, 0.29) is 24.3 Å². The molecule has 3 rings (SSSR count). The number of ketones is 2. The van der Waals surface area contributed by atoms with Crippen LogP contribution in [0.1, 0.15) is 51.8 Å². The van der Waals surface area contributed by atoms with Crippen LogP contribution in [0.15, 0.2) is 15.8 Å². The molecule has 0 radical (unpaired) electrons. The molecule has 1 saturated heterocycles. The van der Waals surface area contributed by atoms with Crippen molar-refractivity contribution in [3.8, 4) is 0 Å². The van der Waals surface area contributed by atoms with E-state index in [1.54, 1.807) is 6.92 Å². The molecule has 166 valence electrons. The predicted molar refractivity (Wildman–Crippen MR) is 111 cm³/mol. The lowest BCUT2D eigenvalue weighted by molar-refractivity contribution is -0.166. The Labute approximate surface area is 175 Å². The maximum atomic E-state index is 13.0. The largest absolute Gasteiger partial charge is 0.397 e. The Kier molecular flexibility index (Phi) is 5.60. The first-order chi connectivity index (χ1) is 13.7. The Morgan fingerprint density at radius 2 is 1.77 bits per heavy atom. The zero-order chi connectivity index (χ0) is 22.6. The normalized spacial score (nSPS) is 27.1. The van der Waals surface area contributed by atoms with E-state index in [2.05, 4.69) is 4.98 Å². The maximum Gasteiger partial charge on any atom is 0.330 e. The lowest BCUT2D eigenvalue weighted by Gasteiger charge is -2.45. The lowest BCUT2D eigenvalue weighted by Crippen LogP contribution is -2.63. The molecule has 3 atom stereocenters.